The quantitative estimate of drug-likeness (QED) is 0.556. The van der Waals surface area contributed by atoms with E-state index >= 15 is 0 Å². The molecular weight excluding hydrogens is 340 g/mol. The van der Waals surface area contributed by atoms with Crippen molar-refractivity contribution in [1.82, 2.24) is 0 Å². The fraction of sp³-hybridized carbons (Fsp3) is 0.579. The average molecular weight is 366 g/mol. The third kappa shape index (κ3) is 3.83. The van der Waals surface area contributed by atoms with Gasteiger partial charge < -0.3 is 25.2 Å². The monoisotopic (exact) mass is 366 g/mol. The zero-order chi connectivity index (χ0) is 19.8. The fourth-order valence-corrected chi connectivity index (χ4v) is 3.45. The number of ether oxygens (including phenoxy) is 1. The smallest absolute Gasteiger partial charge is 0.311 e. The van der Waals surface area contributed by atoms with Gasteiger partial charge in [0.25, 0.3) is 0 Å². The highest BCUT2D eigenvalue weighted by molar-refractivity contribution is 5.85. The van der Waals surface area contributed by atoms with Crippen LogP contribution in [0.4, 0.5) is 0 Å². The highest BCUT2D eigenvalue weighted by atomic mass is 16.5. The summed E-state index contributed by atoms with van der Waals surface area (Å²) in [4.78, 5) is 25.1. The van der Waals surface area contributed by atoms with Gasteiger partial charge in [-0.2, -0.15) is 0 Å². The number of rotatable bonds is 1. The van der Waals surface area contributed by atoms with Crippen molar-refractivity contribution in [2.24, 2.45) is 23.7 Å². The summed E-state index contributed by atoms with van der Waals surface area (Å²) in [7, 11) is 0. The maximum absolute atomic E-state index is 12.6. The first-order chi connectivity index (χ1) is 12.0. The molecule has 4 N–H and O–H groups in total. The highest BCUT2D eigenvalue weighted by Crippen LogP contribution is 2.37. The summed E-state index contributed by atoms with van der Waals surface area (Å²) in [6.07, 6.45) is -3.39. The molecule has 0 radical (unpaired) electrons. The van der Waals surface area contributed by atoms with Crippen molar-refractivity contribution >= 4 is 11.8 Å². The molecule has 7 heteroatoms. The number of Topliss-reactive ketones (excluding diaryl/α,β-unsaturated/α-hetero) is 1. The van der Waals surface area contributed by atoms with Crippen LogP contribution in [0.3, 0.4) is 0 Å². The number of aliphatic hydroxyl groups excluding tert-OH is 2. The second-order valence-electron chi connectivity index (χ2n) is 7.25. The maximum atomic E-state index is 12.6. The molecule has 0 amide bonds. The molecule has 2 rings (SSSR count). The summed E-state index contributed by atoms with van der Waals surface area (Å²) in [5.41, 5.74) is 0.289. The van der Waals surface area contributed by atoms with E-state index in [1.54, 1.807) is 13.8 Å². The number of phenolic OH excluding ortho intramolecular Hbond substituents is 2. The van der Waals surface area contributed by atoms with E-state index < -0.39 is 48.0 Å². The number of ketones is 1. The number of benzene rings is 1. The molecular formula is C19H26O7. The van der Waals surface area contributed by atoms with Crippen molar-refractivity contribution in [2.45, 2.75) is 46.0 Å². The van der Waals surface area contributed by atoms with Gasteiger partial charge in [-0.15, -0.1) is 0 Å². The first kappa shape index (κ1) is 20.2. The molecule has 1 aromatic carbocycles. The van der Waals surface area contributed by atoms with Crippen molar-refractivity contribution in [1.29, 1.82) is 0 Å². The first-order valence-electron chi connectivity index (χ1n) is 8.67. The van der Waals surface area contributed by atoms with Gasteiger partial charge >= 0.3 is 5.97 Å². The fourth-order valence-electron chi connectivity index (χ4n) is 3.45. The lowest BCUT2D eigenvalue weighted by Crippen LogP contribution is -2.45. The van der Waals surface area contributed by atoms with Crippen LogP contribution in [-0.4, -0.2) is 44.4 Å². The third-order valence-electron chi connectivity index (χ3n) is 5.32. The van der Waals surface area contributed by atoms with Gasteiger partial charge in [-0.25, -0.2) is 0 Å². The number of cyclic esters (lactones) is 1. The third-order valence-corrected chi connectivity index (χ3v) is 5.32. The molecule has 7 nitrogen and oxygen atoms in total. The number of phenols is 2. The molecule has 1 fully saturated rings. The summed E-state index contributed by atoms with van der Waals surface area (Å²) >= 11 is 0. The van der Waals surface area contributed by atoms with Gasteiger partial charge in [0, 0.05) is 29.4 Å². The number of carbonyl (C=O) groups is 2. The molecule has 0 bridgehead atoms. The lowest BCUT2D eigenvalue weighted by molar-refractivity contribution is -0.168. The summed E-state index contributed by atoms with van der Waals surface area (Å²) in [6, 6.07) is 3.78. The van der Waals surface area contributed by atoms with Crippen LogP contribution in [0.5, 0.6) is 11.5 Å². The number of hydrogen-bond acceptors (Lipinski definition) is 7. The Morgan fingerprint density at radius 2 is 1.31 bits per heavy atom. The average Bonchev–Trinajstić information content (AvgIpc) is 2.59. The van der Waals surface area contributed by atoms with Crippen LogP contribution >= 0.6 is 0 Å². The molecule has 1 aliphatic rings. The van der Waals surface area contributed by atoms with Gasteiger partial charge in [0.2, 0.25) is 0 Å². The van der Waals surface area contributed by atoms with E-state index in [4.69, 9.17) is 4.74 Å². The first-order valence-corrected chi connectivity index (χ1v) is 8.67. The van der Waals surface area contributed by atoms with E-state index in [9.17, 15) is 30.0 Å². The number of carbonyl (C=O) groups excluding carboxylic acids is 2. The number of aromatic hydroxyl groups is 2. The van der Waals surface area contributed by atoms with E-state index in [0.717, 1.165) is 6.07 Å². The van der Waals surface area contributed by atoms with Gasteiger partial charge in [-0.1, -0.05) is 20.8 Å². The van der Waals surface area contributed by atoms with Crippen LogP contribution in [0.2, 0.25) is 0 Å². The normalized spacial score (nSPS) is 36.5. The molecule has 0 saturated carbocycles. The van der Waals surface area contributed by atoms with Gasteiger partial charge in [0.15, 0.2) is 0 Å². The number of esters is 1. The largest absolute Gasteiger partial charge is 0.508 e. The summed E-state index contributed by atoms with van der Waals surface area (Å²) in [6.45, 7) is 6.19. The van der Waals surface area contributed by atoms with Crippen molar-refractivity contribution < 1.29 is 34.8 Å². The Morgan fingerprint density at radius 3 is 1.85 bits per heavy atom. The molecule has 1 aromatic rings. The Bertz CT molecular complexity index is 666. The molecule has 7 atom stereocenters. The molecule has 26 heavy (non-hydrogen) atoms. The van der Waals surface area contributed by atoms with Gasteiger partial charge in [0.05, 0.1) is 18.1 Å². The second-order valence-corrected chi connectivity index (χ2v) is 7.25. The molecule has 144 valence electrons. The van der Waals surface area contributed by atoms with Crippen LogP contribution in [0.25, 0.3) is 0 Å². The van der Waals surface area contributed by atoms with Gasteiger partial charge in [-0.3, -0.25) is 9.59 Å². The van der Waals surface area contributed by atoms with Crippen molar-refractivity contribution in [3.8, 4) is 11.5 Å². The number of hydrogen-bond donors (Lipinski definition) is 4. The Balaban J connectivity index is 2.50. The van der Waals surface area contributed by atoms with Crippen LogP contribution in [-0.2, 0) is 14.3 Å². The van der Waals surface area contributed by atoms with Crippen molar-refractivity contribution in [2.75, 3.05) is 0 Å². The SMILES string of the molecule is CC1C(=O)OC(c2cc(O)cc(O)c2)C(C)C(O)C(C)C(=O)C(C)C1O. The van der Waals surface area contributed by atoms with Crippen molar-refractivity contribution in [3.63, 3.8) is 0 Å². The van der Waals surface area contributed by atoms with E-state index in [-0.39, 0.29) is 22.8 Å². The van der Waals surface area contributed by atoms with E-state index in [1.165, 1.54) is 26.0 Å². The minimum absolute atomic E-state index is 0.222. The molecule has 1 heterocycles. The predicted octanol–water partition coefficient (Wildman–Crippen LogP) is 1.53. The minimum atomic E-state index is -1.24. The lowest BCUT2D eigenvalue weighted by Gasteiger charge is -2.35. The summed E-state index contributed by atoms with van der Waals surface area (Å²) in [5.74, 6) is -4.75. The molecule has 0 aromatic heterocycles. The Labute approximate surface area is 152 Å². The second kappa shape index (κ2) is 7.63. The minimum Gasteiger partial charge on any atom is -0.508 e. The molecule has 0 aliphatic carbocycles. The predicted molar refractivity (Wildman–Crippen MR) is 92.3 cm³/mol. The summed E-state index contributed by atoms with van der Waals surface area (Å²) < 4.78 is 5.53. The topological polar surface area (TPSA) is 124 Å². The zero-order valence-corrected chi connectivity index (χ0v) is 15.3. The summed E-state index contributed by atoms with van der Waals surface area (Å²) in [5, 5.41) is 40.5. The standard InChI is InChI=1S/C19H26O7/c1-8-15(22)9(2)17(24)11(4)19(25)26-18(10(3)16(8)23)12-5-13(20)7-14(21)6-12/h5-11,16-18,20-21,23-24H,1-4H3. The molecule has 1 saturated heterocycles. The highest BCUT2D eigenvalue weighted by Gasteiger charge is 2.42. The molecule has 0 spiro atoms. The Hall–Kier alpha value is -2.12. The number of aliphatic hydroxyl groups is 2. The van der Waals surface area contributed by atoms with Crippen LogP contribution in [0.1, 0.15) is 39.4 Å². The van der Waals surface area contributed by atoms with E-state index in [2.05, 4.69) is 0 Å². The van der Waals surface area contributed by atoms with Crippen LogP contribution in [0, 0.1) is 23.7 Å². The van der Waals surface area contributed by atoms with Crippen LogP contribution < -0.4 is 0 Å². The van der Waals surface area contributed by atoms with E-state index in [1.807, 2.05) is 0 Å². The lowest BCUT2D eigenvalue weighted by atomic mass is 9.78. The van der Waals surface area contributed by atoms with Crippen molar-refractivity contribution in [3.05, 3.63) is 23.8 Å². The Kier molecular flexibility index (Phi) is 5.93. The zero-order valence-electron chi connectivity index (χ0n) is 15.3. The van der Waals surface area contributed by atoms with Gasteiger partial charge in [0.1, 0.15) is 23.4 Å². The van der Waals surface area contributed by atoms with E-state index in [0.29, 0.717) is 0 Å². The van der Waals surface area contributed by atoms with Crippen LogP contribution in [0.15, 0.2) is 18.2 Å². The molecule has 1 aliphatic heterocycles. The Morgan fingerprint density at radius 1 is 0.808 bits per heavy atom. The molecule has 7 unspecified atom stereocenters. The van der Waals surface area contributed by atoms with Gasteiger partial charge in [-0.05, 0) is 19.1 Å². The maximum Gasteiger partial charge on any atom is 0.311 e.